The van der Waals surface area contributed by atoms with E-state index in [-0.39, 0.29) is 23.7 Å². The molecule has 10 heteroatoms. The molecule has 1 fully saturated rings. The van der Waals surface area contributed by atoms with Crippen molar-refractivity contribution in [2.45, 2.75) is 36.2 Å². The number of nitrogens with one attached hydrogen (secondary N) is 2. The maximum atomic E-state index is 12.4. The fraction of sp³-hybridized carbons (Fsp3) is 0.438. The van der Waals surface area contributed by atoms with Crippen LogP contribution in [0.4, 0.5) is 11.4 Å². The highest BCUT2D eigenvalue weighted by Crippen LogP contribution is 2.37. The van der Waals surface area contributed by atoms with Crippen LogP contribution in [0, 0.1) is 0 Å². The lowest BCUT2D eigenvalue weighted by molar-refractivity contribution is -0.119. The zero-order chi connectivity index (χ0) is 18.5. The van der Waals surface area contributed by atoms with Crippen molar-refractivity contribution in [3.63, 3.8) is 0 Å². The van der Waals surface area contributed by atoms with Crippen LogP contribution in [0.25, 0.3) is 0 Å². The molecular formula is C16H20N6O3S. The van der Waals surface area contributed by atoms with Gasteiger partial charge in [-0.1, -0.05) is 11.8 Å². The highest BCUT2D eigenvalue weighted by molar-refractivity contribution is 8.00. The number of carbonyl (C=O) groups excluding carboxylic acids is 2. The summed E-state index contributed by atoms with van der Waals surface area (Å²) in [5.74, 6) is -0.376. The van der Waals surface area contributed by atoms with E-state index < -0.39 is 0 Å². The van der Waals surface area contributed by atoms with Gasteiger partial charge in [-0.25, -0.2) is 4.68 Å². The molecule has 1 aromatic carbocycles. The molecule has 1 atom stereocenters. The molecule has 0 saturated heterocycles. The Morgan fingerprint density at radius 2 is 1.92 bits per heavy atom. The summed E-state index contributed by atoms with van der Waals surface area (Å²) in [6, 6.07) is 7.25. The van der Waals surface area contributed by atoms with Crippen LogP contribution in [0.1, 0.15) is 25.8 Å². The number of benzene rings is 1. The third kappa shape index (κ3) is 4.79. The molecule has 1 saturated carbocycles. The molecule has 138 valence electrons. The lowest BCUT2D eigenvalue weighted by Gasteiger charge is -2.12. The van der Waals surface area contributed by atoms with Crippen LogP contribution in [-0.4, -0.2) is 51.0 Å². The quantitative estimate of drug-likeness (QED) is 0.675. The molecule has 1 unspecified atom stereocenters. The molecule has 0 bridgehead atoms. The van der Waals surface area contributed by atoms with Crippen molar-refractivity contribution in [1.29, 1.82) is 0 Å². The van der Waals surface area contributed by atoms with Gasteiger partial charge in [0.05, 0.1) is 11.3 Å². The first-order valence-electron chi connectivity index (χ1n) is 8.21. The number of nitrogens with zero attached hydrogens (tertiary/aromatic N) is 4. The molecule has 0 spiro atoms. The molecule has 26 heavy (non-hydrogen) atoms. The van der Waals surface area contributed by atoms with Crippen LogP contribution in [0.2, 0.25) is 0 Å². The summed E-state index contributed by atoms with van der Waals surface area (Å²) >= 11 is 1.33. The van der Waals surface area contributed by atoms with Crippen molar-refractivity contribution in [3.05, 3.63) is 24.3 Å². The highest BCUT2D eigenvalue weighted by Gasteiger charge is 2.29. The molecule has 2 N–H and O–H groups in total. The SMILES string of the molecule is COCC(=O)Nc1ccc(NC(=O)C(C)Sc2nnnn2C2CC2)cc1. The number of thioether (sulfide) groups is 1. The lowest BCUT2D eigenvalue weighted by Crippen LogP contribution is -2.23. The number of tetrazole rings is 1. The van der Waals surface area contributed by atoms with Crippen molar-refractivity contribution in [3.8, 4) is 0 Å². The Hall–Kier alpha value is -2.46. The van der Waals surface area contributed by atoms with E-state index >= 15 is 0 Å². The summed E-state index contributed by atoms with van der Waals surface area (Å²) in [5.41, 5.74) is 1.28. The molecule has 1 heterocycles. The maximum Gasteiger partial charge on any atom is 0.250 e. The van der Waals surface area contributed by atoms with Gasteiger partial charge in [-0.2, -0.15) is 0 Å². The van der Waals surface area contributed by atoms with Crippen LogP contribution < -0.4 is 10.6 Å². The van der Waals surface area contributed by atoms with E-state index in [1.54, 1.807) is 28.9 Å². The number of amides is 2. The Morgan fingerprint density at radius 1 is 1.27 bits per heavy atom. The van der Waals surface area contributed by atoms with Crippen molar-refractivity contribution in [1.82, 2.24) is 20.2 Å². The third-order valence-corrected chi connectivity index (χ3v) is 4.77. The third-order valence-electron chi connectivity index (χ3n) is 3.72. The van der Waals surface area contributed by atoms with Gasteiger partial charge in [0.1, 0.15) is 6.61 Å². The molecule has 1 aromatic heterocycles. The molecule has 9 nitrogen and oxygen atoms in total. The number of hydrogen-bond donors (Lipinski definition) is 2. The zero-order valence-electron chi connectivity index (χ0n) is 14.5. The van der Waals surface area contributed by atoms with E-state index in [9.17, 15) is 9.59 Å². The Bertz CT molecular complexity index is 775. The van der Waals surface area contributed by atoms with Crippen LogP contribution in [0.3, 0.4) is 0 Å². The van der Waals surface area contributed by atoms with E-state index in [0.29, 0.717) is 22.6 Å². The number of aromatic nitrogens is 4. The average molecular weight is 376 g/mol. The van der Waals surface area contributed by atoms with Gasteiger partial charge >= 0.3 is 0 Å². The number of carbonyl (C=O) groups is 2. The van der Waals surface area contributed by atoms with Crippen molar-refractivity contribution >= 4 is 35.0 Å². The predicted molar refractivity (Wildman–Crippen MR) is 97.0 cm³/mol. The van der Waals surface area contributed by atoms with Gasteiger partial charge in [-0.05, 0) is 54.5 Å². The van der Waals surface area contributed by atoms with Crippen LogP contribution in [0.15, 0.2) is 29.4 Å². The van der Waals surface area contributed by atoms with Crippen LogP contribution in [0.5, 0.6) is 0 Å². The Morgan fingerprint density at radius 3 is 2.54 bits per heavy atom. The number of methoxy groups -OCH3 is 1. The van der Waals surface area contributed by atoms with E-state index in [0.717, 1.165) is 12.8 Å². The van der Waals surface area contributed by atoms with Crippen molar-refractivity contribution in [2.24, 2.45) is 0 Å². The fourth-order valence-electron chi connectivity index (χ4n) is 2.23. The fourth-order valence-corrected chi connectivity index (χ4v) is 3.09. The predicted octanol–water partition coefficient (Wildman–Crippen LogP) is 1.71. The second-order valence-electron chi connectivity index (χ2n) is 5.95. The number of anilines is 2. The van der Waals surface area contributed by atoms with Gasteiger partial charge in [0, 0.05) is 18.5 Å². The van der Waals surface area contributed by atoms with Crippen LogP contribution in [-0.2, 0) is 14.3 Å². The topological polar surface area (TPSA) is 111 Å². The largest absolute Gasteiger partial charge is 0.375 e. The minimum absolute atomic E-state index is 0.00639. The minimum Gasteiger partial charge on any atom is -0.375 e. The average Bonchev–Trinajstić information content (AvgIpc) is 3.36. The number of hydrogen-bond acceptors (Lipinski definition) is 7. The summed E-state index contributed by atoms with van der Waals surface area (Å²) in [7, 11) is 1.46. The van der Waals surface area contributed by atoms with Gasteiger partial charge in [0.2, 0.25) is 17.0 Å². The standard InChI is InChI=1S/C16H20N6O3S/c1-10(26-16-19-20-21-22(16)13-7-8-13)15(24)18-12-5-3-11(4-6-12)17-14(23)9-25-2/h3-6,10,13H,7-9H2,1-2H3,(H,17,23)(H,18,24). The van der Waals surface area contributed by atoms with Crippen molar-refractivity contribution in [2.75, 3.05) is 24.4 Å². The maximum absolute atomic E-state index is 12.4. The molecule has 3 rings (SSSR count). The Labute approximate surface area is 154 Å². The van der Waals surface area contributed by atoms with Gasteiger partial charge in [0.15, 0.2) is 0 Å². The van der Waals surface area contributed by atoms with E-state index in [1.807, 2.05) is 6.92 Å². The monoisotopic (exact) mass is 376 g/mol. The first-order chi connectivity index (χ1) is 12.6. The molecule has 0 aliphatic heterocycles. The summed E-state index contributed by atoms with van der Waals surface area (Å²) in [6.45, 7) is 1.80. The number of rotatable bonds is 8. The summed E-state index contributed by atoms with van der Waals surface area (Å²) < 4.78 is 6.55. The van der Waals surface area contributed by atoms with Gasteiger partial charge in [-0.15, -0.1) is 5.10 Å². The molecule has 1 aliphatic carbocycles. The molecular weight excluding hydrogens is 356 g/mol. The van der Waals surface area contributed by atoms with E-state index in [2.05, 4.69) is 26.2 Å². The Kier molecular flexibility index (Phi) is 5.84. The summed E-state index contributed by atoms with van der Waals surface area (Å²) in [5, 5.41) is 17.5. The molecule has 0 radical (unpaired) electrons. The first kappa shape index (κ1) is 18.3. The Balaban J connectivity index is 1.53. The molecule has 2 amide bonds. The smallest absolute Gasteiger partial charge is 0.250 e. The second kappa shape index (κ2) is 8.28. The van der Waals surface area contributed by atoms with Crippen molar-refractivity contribution < 1.29 is 14.3 Å². The normalized spacial score (nSPS) is 14.7. The van der Waals surface area contributed by atoms with E-state index in [4.69, 9.17) is 4.74 Å². The highest BCUT2D eigenvalue weighted by atomic mass is 32.2. The number of ether oxygens (including phenoxy) is 1. The van der Waals surface area contributed by atoms with Gasteiger partial charge in [-0.3, -0.25) is 9.59 Å². The summed E-state index contributed by atoms with van der Waals surface area (Å²) in [4.78, 5) is 23.9. The van der Waals surface area contributed by atoms with Crippen LogP contribution >= 0.6 is 11.8 Å². The summed E-state index contributed by atoms with van der Waals surface area (Å²) in [6.07, 6.45) is 2.15. The molecule has 1 aliphatic rings. The van der Waals surface area contributed by atoms with Gasteiger partial charge in [0.25, 0.3) is 0 Å². The minimum atomic E-state index is -0.348. The van der Waals surface area contributed by atoms with Gasteiger partial charge < -0.3 is 15.4 Å². The zero-order valence-corrected chi connectivity index (χ0v) is 15.3. The lowest BCUT2D eigenvalue weighted by atomic mass is 10.2. The van der Waals surface area contributed by atoms with E-state index in [1.165, 1.54) is 18.9 Å². The first-order valence-corrected chi connectivity index (χ1v) is 9.09. The second-order valence-corrected chi connectivity index (χ2v) is 7.25. The molecule has 2 aromatic rings.